The Labute approximate surface area is 300 Å². The van der Waals surface area contributed by atoms with Gasteiger partial charge in [-0.15, -0.1) is 0 Å². The molecular weight excluding hydrogens is 691 g/mol. The minimum absolute atomic E-state index is 0.00460. The Morgan fingerprint density at radius 2 is 1.08 bits per heavy atom. The minimum Gasteiger partial charge on any atom is -0.497 e. The molecular formula is C41H47F3O5P2. The molecule has 0 aliphatic carbocycles. The van der Waals surface area contributed by atoms with Crippen LogP contribution in [0.3, 0.4) is 0 Å². The first-order valence-corrected chi connectivity index (χ1v) is 20.0. The van der Waals surface area contributed by atoms with E-state index in [1.165, 1.54) is 0 Å². The summed E-state index contributed by atoms with van der Waals surface area (Å²) in [4.78, 5) is 0. The Hall–Kier alpha value is -3.44. The van der Waals surface area contributed by atoms with Gasteiger partial charge in [-0.05, 0) is 59.1 Å². The van der Waals surface area contributed by atoms with Gasteiger partial charge in [0.15, 0.2) is 6.10 Å². The summed E-state index contributed by atoms with van der Waals surface area (Å²) in [6.45, 7) is 12.2. The third-order valence-corrected chi connectivity index (χ3v) is 14.2. The fraction of sp³-hybridized carbons (Fsp3) is 0.415. The van der Waals surface area contributed by atoms with E-state index in [-0.39, 0.29) is 17.5 Å². The molecule has 5 nitrogen and oxygen atoms in total. The van der Waals surface area contributed by atoms with Crippen LogP contribution in [0.25, 0.3) is 21.9 Å². The number of hydrogen-bond acceptors (Lipinski definition) is 5. The van der Waals surface area contributed by atoms with Gasteiger partial charge < -0.3 is 17.9 Å². The maximum Gasteiger partial charge on any atom is 0.416 e. The molecule has 0 amide bonds. The van der Waals surface area contributed by atoms with Crippen LogP contribution in [0.1, 0.15) is 88.0 Å². The Morgan fingerprint density at radius 3 is 1.43 bits per heavy atom. The Morgan fingerprint density at radius 1 is 0.667 bits per heavy atom. The highest BCUT2D eigenvalue weighted by Crippen LogP contribution is 2.71. The minimum atomic E-state index is -4.67. The normalized spacial score (nSPS) is 17.9. The molecule has 4 aromatic carbocycles. The molecule has 1 aliphatic rings. The number of hydrogen-bond donors (Lipinski definition) is 0. The van der Waals surface area contributed by atoms with Gasteiger partial charge in [0.1, 0.15) is 22.7 Å². The number of methoxy groups -OCH3 is 2. The van der Waals surface area contributed by atoms with E-state index in [0.29, 0.717) is 33.4 Å². The summed E-state index contributed by atoms with van der Waals surface area (Å²) in [7, 11) is -0.601. The van der Waals surface area contributed by atoms with E-state index in [0.717, 1.165) is 35.1 Å². The number of alkyl halides is 3. The maximum atomic E-state index is 15.4. The van der Waals surface area contributed by atoms with Gasteiger partial charge in [-0.2, -0.15) is 13.2 Å². The van der Waals surface area contributed by atoms with Crippen LogP contribution in [-0.4, -0.2) is 32.7 Å². The van der Waals surface area contributed by atoms with Crippen LogP contribution in [0.4, 0.5) is 13.2 Å². The molecule has 0 N–H and O–H groups in total. The van der Waals surface area contributed by atoms with Gasteiger partial charge in [-0.25, -0.2) is 0 Å². The van der Waals surface area contributed by atoms with Crippen LogP contribution in [-0.2, 0) is 10.8 Å². The fourth-order valence-corrected chi connectivity index (χ4v) is 12.1. The zero-order chi connectivity index (χ0) is 36.7. The predicted octanol–water partition coefficient (Wildman–Crippen LogP) is 13.0. The molecule has 1 fully saturated rings. The molecule has 5 aromatic rings. The highest BCUT2D eigenvalue weighted by Gasteiger charge is 2.48. The molecule has 2 heterocycles. The Bertz CT molecular complexity index is 1880. The summed E-state index contributed by atoms with van der Waals surface area (Å²) in [5, 5.41) is 1.29. The van der Waals surface area contributed by atoms with Gasteiger partial charge in [0.2, 0.25) is 0 Å². The summed E-state index contributed by atoms with van der Waals surface area (Å²) in [5.41, 5.74) is 3.60. The van der Waals surface area contributed by atoms with Crippen molar-refractivity contribution >= 4 is 38.1 Å². The van der Waals surface area contributed by atoms with Crippen molar-refractivity contribution in [1.82, 2.24) is 0 Å². The van der Waals surface area contributed by atoms with Crippen LogP contribution < -0.4 is 14.0 Å². The zero-order valence-corrected chi connectivity index (χ0v) is 32.3. The Kier molecular flexibility index (Phi) is 10.6. The highest BCUT2D eigenvalue weighted by molar-refractivity contribution is 7.58. The lowest BCUT2D eigenvalue weighted by Gasteiger charge is -2.30. The maximum absolute atomic E-state index is 15.4. The Balaban J connectivity index is 1.57. The largest absolute Gasteiger partial charge is 0.497 e. The second-order valence-corrected chi connectivity index (χ2v) is 18.9. The third-order valence-electron chi connectivity index (χ3n) is 9.67. The zero-order valence-electron chi connectivity index (χ0n) is 30.5. The number of fused-ring (bicyclic) bond motifs is 3. The van der Waals surface area contributed by atoms with E-state index in [9.17, 15) is 0 Å². The molecule has 1 saturated heterocycles. The van der Waals surface area contributed by atoms with E-state index in [2.05, 4.69) is 0 Å². The lowest BCUT2D eigenvalue weighted by Crippen LogP contribution is -2.36. The molecule has 272 valence electrons. The third kappa shape index (κ3) is 7.99. The molecule has 0 spiro atoms. The summed E-state index contributed by atoms with van der Waals surface area (Å²) < 4.78 is 76.9. The summed E-state index contributed by atoms with van der Waals surface area (Å²) in [6, 6.07) is 27.3. The van der Waals surface area contributed by atoms with E-state index < -0.39 is 39.3 Å². The first kappa shape index (κ1) is 37.3. The van der Waals surface area contributed by atoms with Crippen LogP contribution in [0.2, 0.25) is 0 Å². The van der Waals surface area contributed by atoms with Gasteiger partial charge in [0.05, 0.1) is 14.2 Å². The van der Waals surface area contributed by atoms with Gasteiger partial charge in [0, 0.05) is 39.4 Å². The molecule has 0 saturated carbocycles. The number of rotatable bonds is 8. The fourth-order valence-electron chi connectivity index (χ4n) is 7.04. The van der Waals surface area contributed by atoms with E-state index >= 15 is 13.2 Å². The number of ether oxygens (including phenoxy) is 2. The van der Waals surface area contributed by atoms with Crippen LogP contribution in [0.5, 0.6) is 11.5 Å². The van der Waals surface area contributed by atoms with Gasteiger partial charge >= 0.3 is 14.4 Å². The quantitative estimate of drug-likeness (QED) is 0.148. The molecule has 0 radical (unpaired) electrons. The second kappa shape index (κ2) is 14.5. The molecule has 1 unspecified atom stereocenters. The van der Waals surface area contributed by atoms with Crippen LogP contribution >= 0.6 is 16.2 Å². The predicted molar refractivity (Wildman–Crippen MR) is 203 cm³/mol. The summed E-state index contributed by atoms with van der Waals surface area (Å²) in [6.07, 6.45) is -5.32. The van der Waals surface area contributed by atoms with Crippen molar-refractivity contribution in [3.05, 3.63) is 107 Å². The average molecular weight is 739 g/mol. The molecule has 10 heteroatoms. The van der Waals surface area contributed by atoms with Crippen molar-refractivity contribution < 1.29 is 35.6 Å². The van der Waals surface area contributed by atoms with E-state index in [4.69, 9.17) is 22.4 Å². The van der Waals surface area contributed by atoms with E-state index in [1.54, 1.807) is 14.2 Å². The van der Waals surface area contributed by atoms with Gasteiger partial charge in [0.25, 0.3) is 0 Å². The lowest BCUT2D eigenvalue weighted by molar-refractivity contribution is -0.179. The van der Waals surface area contributed by atoms with Gasteiger partial charge in [-0.3, -0.25) is 4.52 Å². The van der Waals surface area contributed by atoms with E-state index in [1.807, 2.05) is 126 Å². The van der Waals surface area contributed by atoms with Crippen molar-refractivity contribution in [1.29, 1.82) is 0 Å². The molecule has 0 bridgehead atoms. The highest BCUT2D eigenvalue weighted by atomic mass is 31.1. The van der Waals surface area contributed by atoms with Crippen molar-refractivity contribution in [3.8, 4) is 11.5 Å². The standard InChI is InChI=1S/C41H47F3O5P2/c1-39(2,3)32-23-28(45-7)21-30-31-22-29(46-8)24-33(40(4,5)6)38(31)49-51(48-37(30)32)47-36(41(42,43)44)25-50-34(26-15-11-9-12-16-26)19-20-35(50)27-17-13-10-14-18-27/h9-18,21-24,34-36H,19-20,25H2,1-8H3/t34-,35-,36?/m1/s1. The SMILES string of the molecule is COc1cc(C(C)(C)C)c2op(OC(CP3[C@@H](c4ccccc4)CC[C@@H]3c3ccccc3)C(F)(F)F)oc3c(C(C)(C)C)cc(OC)cc3c2c1. The molecule has 3 atom stereocenters. The number of halogens is 3. The van der Waals surface area contributed by atoms with Crippen LogP contribution in [0.15, 0.2) is 93.3 Å². The second-order valence-electron chi connectivity index (χ2n) is 15.3. The molecule has 1 aliphatic heterocycles. The van der Waals surface area contributed by atoms with Crippen molar-refractivity contribution in [3.63, 3.8) is 0 Å². The molecule has 51 heavy (non-hydrogen) atoms. The molecule has 6 rings (SSSR count). The average Bonchev–Trinajstić information content (AvgIpc) is 3.43. The smallest absolute Gasteiger partial charge is 0.416 e. The number of benzene rings is 4. The topological polar surface area (TPSA) is 54.0 Å². The summed E-state index contributed by atoms with van der Waals surface area (Å²) in [5.74, 6) is 1.19. The van der Waals surface area contributed by atoms with Crippen molar-refractivity contribution in [2.75, 3.05) is 20.4 Å². The van der Waals surface area contributed by atoms with Crippen LogP contribution in [0, 0.1) is 0 Å². The molecule has 1 aromatic heterocycles. The summed E-state index contributed by atoms with van der Waals surface area (Å²) >= 11 is 0. The first-order chi connectivity index (χ1) is 24.1. The monoisotopic (exact) mass is 738 g/mol. The lowest BCUT2D eigenvalue weighted by atomic mass is 9.84. The first-order valence-electron chi connectivity index (χ1n) is 17.3. The van der Waals surface area contributed by atoms with Crippen molar-refractivity contribution in [2.45, 2.75) is 88.8 Å². The van der Waals surface area contributed by atoms with Crippen molar-refractivity contribution in [2.24, 2.45) is 0 Å². The van der Waals surface area contributed by atoms with Gasteiger partial charge in [-0.1, -0.05) is 110 Å².